The first kappa shape index (κ1) is 13.5. The molecule has 0 saturated carbocycles. The maximum absolute atomic E-state index is 9.89. The minimum Gasteiger partial charge on any atom is -0.388 e. The van der Waals surface area contributed by atoms with Crippen molar-refractivity contribution in [3.8, 4) is 0 Å². The van der Waals surface area contributed by atoms with Crippen molar-refractivity contribution in [2.75, 3.05) is 13.2 Å². The molecule has 16 heavy (non-hydrogen) atoms. The zero-order chi connectivity index (χ0) is 11.8. The molecule has 0 saturated heterocycles. The monoisotopic (exact) mass is 242 g/mol. The molecule has 0 aliphatic carbocycles. The lowest BCUT2D eigenvalue weighted by Crippen LogP contribution is -2.04. The van der Waals surface area contributed by atoms with Gasteiger partial charge in [0.15, 0.2) is 0 Å². The highest BCUT2D eigenvalue weighted by Crippen LogP contribution is 2.24. The molecule has 0 amide bonds. The molecule has 1 N–H and O–H groups in total. The van der Waals surface area contributed by atoms with Crippen molar-refractivity contribution in [2.45, 2.75) is 32.3 Å². The zero-order valence-corrected chi connectivity index (χ0v) is 10.4. The lowest BCUT2D eigenvalue weighted by atomic mass is 10.1. The Labute approximate surface area is 102 Å². The summed E-state index contributed by atoms with van der Waals surface area (Å²) in [6.07, 6.45) is 2.26. The molecule has 0 bridgehead atoms. The zero-order valence-electron chi connectivity index (χ0n) is 9.66. The van der Waals surface area contributed by atoms with Gasteiger partial charge in [0.25, 0.3) is 0 Å². The fraction of sp³-hybridized carbons (Fsp3) is 0.538. The first-order chi connectivity index (χ1) is 7.75. The minimum atomic E-state index is -0.532. The van der Waals surface area contributed by atoms with E-state index in [1.165, 1.54) is 0 Å². The molecule has 0 fully saturated rings. The van der Waals surface area contributed by atoms with Gasteiger partial charge in [0.1, 0.15) is 0 Å². The minimum absolute atomic E-state index is 0.532. The number of hydrogen-bond acceptors (Lipinski definition) is 2. The van der Waals surface area contributed by atoms with Gasteiger partial charge < -0.3 is 9.84 Å². The summed E-state index contributed by atoms with van der Waals surface area (Å²) in [5.41, 5.74) is 0.781. The van der Waals surface area contributed by atoms with Gasteiger partial charge in [-0.3, -0.25) is 0 Å². The van der Waals surface area contributed by atoms with E-state index in [9.17, 15) is 5.11 Å². The molecule has 1 aromatic carbocycles. The maximum Gasteiger partial charge on any atom is 0.0826 e. The summed E-state index contributed by atoms with van der Waals surface area (Å²) in [4.78, 5) is 0. The van der Waals surface area contributed by atoms with Gasteiger partial charge in [0.05, 0.1) is 6.10 Å². The number of rotatable bonds is 7. The summed E-state index contributed by atoms with van der Waals surface area (Å²) < 4.78 is 5.40. The fourth-order valence-corrected chi connectivity index (χ4v) is 1.71. The number of aliphatic hydroxyl groups is 1. The van der Waals surface area contributed by atoms with Crippen LogP contribution in [0.5, 0.6) is 0 Å². The van der Waals surface area contributed by atoms with Crippen LogP contribution in [-0.4, -0.2) is 18.3 Å². The number of halogens is 1. The smallest absolute Gasteiger partial charge is 0.0826 e. The predicted molar refractivity (Wildman–Crippen MR) is 66.8 cm³/mol. The van der Waals surface area contributed by atoms with Crippen molar-refractivity contribution >= 4 is 11.6 Å². The van der Waals surface area contributed by atoms with Gasteiger partial charge >= 0.3 is 0 Å². The summed E-state index contributed by atoms with van der Waals surface area (Å²) in [7, 11) is 0. The van der Waals surface area contributed by atoms with Gasteiger partial charge in [-0.05, 0) is 18.1 Å². The molecule has 0 aliphatic rings. The van der Waals surface area contributed by atoms with Gasteiger partial charge in [-0.1, -0.05) is 43.1 Å². The Morgan fingerprint density at radius 1 is 1.31 bits per heavy atom. The van der Waals surface area contributed by atoms with Crippen LogP contribution in [0.2, 0.25) is 5.02 Å². The number of ether oxygens (including phenoxy) is 1. The summed E-state index contributed by atoms with van der Waals surface area (Å²) >= 11 is 5.98. The molecule has 0 aliphatic heterocycles. The van der Waals surface area contributed by atoms with Gasteiger partial charge in [-0.15, -0.1) is 0 Å². The molecule has 1 rings (SSSR count). The van der Waals surface area contributed by atoms with Crippen LogP contribution in [0.15, 0.2) is 24.3 Å². The average molecular weight is 243 g/mol. The Morgan fingerprint density at radius 3 is 2.75 bits per heavy atom. The topological polar surface area (TPSA) is 29.5 Å². The van der Waals surface area contributed by atoms with E-state index < -0.39 is 6.10 Å². The van der Waals surface area contributed by atoms with Crippen LogP contribution in [0.1, 0.15) is 37.9 Å². The Hall–Kier alpha value is -0.570. The van der Waals surface area contributed by atoms with E-state index in [0.29, 0.717) is 18.1 Å². The van der Waals surface area contributed by atoms with Crippen LogP contribution >= 0.6 is 11.6 Å². The third kappa shape index (κ3) is 4.52. The van der Waals surface area contributed by atoms with Gasteiger partial charge in [-0.25, -0.2) is 0 Å². The number of unbranched alkanes of at least 4 members (excludes halogenated alkanes) is 1. The maximum atomic E-state index is 9.89. The molecule has 1 aromatic rings. The predicted octanol–water partition coefficient (Wildman–Crippen LogP) is 3.58. The molecule has 90 valence electrons. The molecule has 1 unspecified atom stereocenters. The van der Waals surface area contributed by atoms with Crippen LogP contribution in [0.4, 0.5) is 0 Å². The molecule has 0 aromatic heterocycles. The molecule has 1 atom stereocenters. The van der Waals surface area contributed by atoms with Crippen LogP contribution in [-0.2, 0) is 4.74 Å². The molecular weight excluding hydrogens is 224 g/mol. The van der Waals surface area contributed by atoms with Gasteiger partial charge in [0, 0.05) is 24.7 Å². The van der Waals surface area contributed by atoms with Crippen LogP contribution < -0.4 is 0 Å². The number of benzene rings is 1. The quantitative estimate of drug-likeness (QED) is 0.741. The Balaban J connectivity index is 2.30. The van der Waals surface area contributed by atoms with E-state index in [-0.39, 0.29) is 0 Å². The van der Waals surface area contributed by atoms with Crippen LogP contribution in [0.3, 0.4) is 0 Å². The van der Waals surface area contributed by atoms with Crippen molar-refractivity contribution in [1.29, 1.82) is 0 Å². The van der Waals surface area contributed by atoms with Gasteiger partial charge in [-0.2, -0.15) is 0 Å². The molecule has 0 heterocycles. The second-order valence-electron chi connectivity index (χ2n) is 3.79. The highest BCUT2D eigenvalue weighted by molar-refractivity contribution is 6.31. The SMILES string of the molecule is CCCCOCCC(O)c1ccccc1Cl. The number of hydrogen-bond donors (Lipinski definition) is 1. The Kier molecular flexibility index (Phi) is 6.46. The Morgan fingerprint density at radius 2 is 2.06 bits per heavy atom. The molecular formula is C13H19ClO2. The summed E-state index contributed by atoms with van der Waals surface area (Å²) in [5.74, 6) is 0. The second kappa shape index (κ2) is 7.66. The largest absolute Gasteiger partial charge is 0.388 e. The molecule has 2 nitrogen and oxygen atoms in total. The van der Waals surface area contributed by atoms with E-state index in [1.807, 2.05) is 18.2 Å². The van der Waals surface area contributed by atoms with Crippen molar-refractivity contribution in [2.24, 2.45) is 0 Å². The lowest BCUT2D eigenvalue weighted by Gasteiger charge is -2.12. The highest BCUT2D eigenvalue weighted by Gasteiger charge is 2.10. The third-order valence-electron chi connectivity index (χ3n) is 2.44. The molecule has 3 heteroatoms. The van der Waals surface area contributed by atoms with E-state index in [2.05, 4.69) is 6.92 Å². The Bertz CT molecular complexity index is 302. The summed E-state index contributed by atoms with van der Waals surface area (Å²) in [5, 5.41) is 10.5. The average Bonchev–Trinajstić information content (AvgIpc) is 2.29. The first-order valence-corrected chi connectivity index (χ1v) is 6.13. The standard InChI is InChI=1S/C13H19ClO2/c1-2-3-9-16-10-8-13(15)11-6-4-5-7-12(11)14/h4-7,13,15H,2-3,8-10H2,1H3. The van der Waals surface area contributed by atoms with E-state index in [1.54, 1.807) is 6.07 Å². The van der Waals surface area contributed by atoms with Crippen molar-refractivity contribution in [3.63, 3.8) is 0 Å². The normalized spacial score (nSPS) is 12.7. The summed E-state index contributed by atoms with van der Waals surface area (Å²) in [6, 6.07) is 7.37. The van der Waals surface area contributed by atoms with E-state index >= 15 is 0 Å². The molecule has 0 radical (unpaired) electrons. The van der Waals surface area contributed by atoms with Crippen molar-refractivity contribution < 1.29 is 9.84 Å². The van der Waals surface area contributed by atoms with Crippen LogP contribution in [0, 0.1) is 0 Å². The highest BCUT2D eigenvalue weighted by atomic mass is 35.5. The third-order valence-corrected chi connectivity index (χ3v) is 2.79. The van der Waals surface area contributed by atoms with Crippen LogP contribution in [0.25, 0.3) is 0 Å². The van der Waals surface area contributed by atoms with E-state index in [4.69, 9.17) is 16.3 Å². The molecule has 0 spiro atoms. The van der Waals surface area contributed by atoms with Gasteiger partial charge in [0.2, 0.25) is 0 Å². The van der Waals surface area contributed by atoms with Crippen molar-refractivity contribution in [1.82, 2.24) is 0 Å². The second-order valence-corrected chi connectivity index (χ2v) is 4.20. The summed E-state index contributed by atoms with van der Waals surface area (Å²) in [6.45, 7) is 3.47. The lowest BCUT2D eigenvalue weighted by molar-refractivity contribution is 0.0805. The van der Waals surface area contributed by atoms with E-state index in [0.717, 1.165) is 25.0 Å². The first-order valence-electron chi connectivity index (χ1n) is 5.76. The number of aliphatic hydroxyl groups excluding tert-OH is 1. The van der Waals surface area contributed by atoms with Crippen molar-refractivity contribution in [3.05, 3.63) is 34.9 Å². The fourth-order valence-electron chi connectivity index (χ4n) is 1.44.